The average Bonchev–Trinajstić information content (AvgIpc) is 2.93. The zero-order valence-electron chi connectivity index (χ0n) is 12.5. The van der Waals surface area contributed by atoms with E-state index in [-0.39, 0.29) is 0 Å². The van der Waals surface area contributed by atoms with Crippen molar-refractivity contribution in [1.29, 1.82) is 0 Å². The first kappa shape index (κ1) is 14.4. The van der Waals surface area contributed by atoms with Crippen molar-refractivity contribution in [2.75, 3.05) is 12.8 Å². The summed E-state index contributed by atoms with van der Waals surface area (Å²) in [7, 11) is 2.12. The fourth-order valence-electron chi connectivity index (χ4n) is 3.71. The average molecular weight is 290 g/mol. The van der Waals surface area contributed by atoms with Crippen LogP contribution in [0.4, 0.5) is 0 Å². The lowest BCUT2D eigenvalue weighted by Crippen LogP contribution is -2.34. The van der Waals surface area contributed by atoms with Crippen molar-refractivity contribution >= 4 is 11.8 Å². The van der Waals surface area contributed by atoms with Crippen LogP contribution in [0.3, 0.4) is 0 Å². The van der Waals surface area contributed by atoms with Crippen molar-refractivity contribution in [3.8, 4) is 0 Å². The fourth-order valence-corrected chi connectivity index (χ4v) is 5.25. The molecule has 1 N–H and O–H groups in total. The van der Waals surface area contributed by atoms with Gasteiger partial charge in [0.15, 0.2) is 0 Å². The maximum atomic E-state index is 4.66. The normalized spacial score (nSPS) is 24.6. The monoisotopic (exact) mass is 290 g/mol. The largest absolute Gasteiger partial charge is 0.316 e. The molecule has 1 saturated carbocycles. The highest BCUT2D eigenvalue weighted by Gasteiger charge is 2.30. The van der Waals surface area contributed by atoms with Crippen molar-refractivity contribution in [3.63, 3.8) is 0 Å². The van der Waals surface area contributed by atoms with E-state index in [0.717, 1.165) is 5.25 Å². The Hall–Kier alpha value is -0.540. The van der Waals surface area contributed by atoms with Gasteiger partial charge in [0.25, 0.3) is 0 Å². The van der Waals surface area contributed by atoms with Gasteiger partial charge in [-0.25, -0.2) is 0 Å². The van der Waals surface area contributed by atoms with Crippen LogP contribution in [0.15, 0.2) is 18.3 Å². The molecule has 2 aliphatic rings. The number of pyridine rings is 1. The molecule has 0 aliphatic heterocycles. The number of fused-ring (bicyclic) bond motifs is 1. The molecule has 2 nitrogen and oxygen atoms in total. The van der Waals surface area contributed by atoms with E-state index in [0.29, 0.717) is 12.0 Å². The molecule has 2 unspecified atom stereocenters. The van der Waals surface area contributed by atoms with Crippen LogP contribution in [-0.4, -0.2) is 29.1 Å². The fraction of sp³-hybridized carbons (Fsp3) is 0.706. The van der Waals surface area contributed by atoms with Crippen LogP contribution >= 0.6 is 11.8 Å². The van der Waals surface area contributed by atoms with E-state index in [1.807, 2.05) is 6.20 Å². The number of nitrogens with one attached hydrogen (secondary N) is 1. The molecule has 0 saturated heterocycles. The summed E-state index contributed by atoms with van der Waals surface area (Å²) in [6.07, 6.45) is 11.6. The minimum absolute atomic E-state index is 0.582. The second-order valence-corrected chi connectivity index (χ2v) is 7.51. The molecular weight excluding hydrogens is 264 g/mol. The van der Waals surface area contributed by atoms with Gasteiger partial charge in [0.1, 0.15) is 0 Å². The van der Waals surface area contributed by atoms with E-state index in [2.05, 4.69) is 41.2 Å². The number of nitrogens with zero attached hydrogens (tertiary/aromatic N) is 1. The van der Waals surface area contributed by atoms with Crippen LogP contribution in [0, 0.1) is 0 Å². The van der Waals surface area contributed by atoms with Gasteiger partial charge in [-0.3, -0.25) is 4.98 Å². The maximum Gasteiger partial charge on any atom is 0.0482 e. The standard InChI is InChI=1S/C17H26N2S/c1-18-16(12-20-14-7-3-2-4-8-14)15-10-9-13-6-5-11-19-17(13)15/h5-6,11,14-16,18H,2-4,7-10,12H2,1H3. The number of aryl methyl sites for hydroxylation is 1. The van der Waals surface area contributed by atoms with Crippen LogP contribution in [0.5, 0.6) is 0 Å². The molecular formula is C17H26N2S. The van der Waals surface area contributed by atoms with E-state index in [1.165, 1.54) is 62.0 Å². The summed E-state index contributed by atoms with van der Waals surface area (Å²) in [5, 5.41) is 4.47. The Morgan fingerprint density at radius 3 is 2.95 bits per heavy atom. The summed E-state index contributed by atoms with van der Waals surface area (Å²) >= 11 is 2.20. The molecule has 1 aromatic heterocycles. The summed E-state index contributed by atoms with van der Waals surface area (Å²) < 4.78 is 0. The number of rotatable bonds is 5. The molecule has 1 fully saturated rings. The van der Waals surface area contributed by atoms with Gasteiger partial charge in [0, 0.05) is 34.9 Å². The first-order valence-electron chi connectivity index (χ1n) is 8.11. The lowest BCUT2D eigenvalue weighted by molar-refractivity contribution is 0.485. The van der Waals surface area contributed by atoms with Gasteiger partial charge >= 0.3 is 0 Å². The molecule has 20 heavy (non-hydrogen) atoms. The summed E-state index contributed by atoms with van der Waals surface area (Å²) in [6.45, 7) is 0. The summed E-state index contributed by atoms with van der Waals surface area (Å²) in [5.41, 5.74) is 2.83. The van der Waals surface area contributed by atoms with Gasteiger partial charge in [-0.1, -0.05) is 25.3 Å². The number of aromatic nitrogens is 1. The van der Waals surface area contributed by atoms with Gasteiger partial charge < -0.3 is 5.32 Å². The lowest BCUT2D eigenvalue weighted by atomic mass is 9.98. The van der Waals surface area contributed by atoms with Gasteiger partial charge in [0.2, 0.25) is 0 Å². The third-order valence-corrected chi connectivity index (χ3v) is 6.42. The minimum Gasteiger partial charge on any atom is -0.316 e. The highest BCUT2D eigenvalue weighted by Crippen LogP contribution is 2.36. The van der Waals surface area contributed by atoms with Crippen LogP contribution in [-0.2, 0) is 6.42 Å². The van der Waals surface area contributed by atoms with Crippen LogP contribution < -0.4 is 5.32 Å². The molecule has 1 heterocycles. The smallest absolute Gasteiger partial charge is 0.0482 e. The van der Waals surface area contributed by atoms with Crippen LogP contribution in [0.2, 0.25) is 0 Å². The van der Waals surface area contributed by atoms with Crippen molar-refractivity contribution in [3.05, 3.63) is 29.6 Å². The first-order valence-corrected chi connectivity index (χ1v) is 9.16. The summed E-state index contributed by atoms with van der Waals surface area (Å²) in [6, 6.07) is 4.91. The zero-order chi connectivity index (χ0) is 13.8. The Bertz CT molecular complexity index is 429. The summed E-state index contributed by atoms with van der Waals surface area (Å²) in [5.74, 6) is 1.86. The minimum atomic E-state index is 0.582. The van der Waals surface area contributed by atoms with E-state index < -0.39 is 0 Å². The number of thioether (sulfide) groups is 1. The second-order valence-electron chi connectivity index (χ2n) is 6.18. The highest BCUT2D eigenvalue weighted by molar-refractivity contribution is 7.99. The van der Waals surface area contributed by atoms with Gasteiger partial charge in [-0.2, -0.15) is 11.8 Å². The molecule has 1 aromatic rings. The second kappa shape index (κ2) is 6.95. The molecule has 110 valence electrons. The van der Waals surface area contributed by atoms with Gasteiger partial charge in [0.05, 0.1) is 0 Å². The predicted octanol–water partition coefficient (Wildman–Crippen LogP) is 3.77. The SMILES string of the molecule is CNC(CSC1CCCCC1)C1CCc2cccnc21. The van der Waals surface area contributed by atoms with Crippen LogP contribution in [0.1, 0.15) is 55.7 Å². The summed E-state index contributed by atoms with van der Waals surface area (Å²) in [4.78, 5) is 4.66. The highest BCUT2D eigenvalue weighted by atomic mass is 32.2. The topological polar surface area (TPSA) is 24.9 Å². The molecule has 2 atom stereocenters. The molecule has 0 radical (unpaired) electrons. The van der Waals surface area contributed by atoms with Crippen molar-refractivity contribution in [2.45, 2.75) is 62.2 Å². The van der Waals surface area contributed by atoms with E-state index in [1.54, 1.807) is 0 Å². The van der Waals surface area contributed by atoms with Crippen LogP contribution in [0.25, 0.3) is 0 Å². The van der Waals surface area contributed by atoms with E-state index >= 15 is 0 Å². The first-order chi connectivity index (χ1) is 9.88. The zero-order valence-corrected chi connectivity index (χ0v) is 13.3. The molecule has 0 aromatic carbocycles. The van der Waals surface area contributed by atoms with Gasteiger partial charge in [-0.05, 0) is 44.4 Å². The molecule has 0 bridgehead atoms. The number of hydrogen-bond acceptors (Lipinski definition) is 3. The quantitative estimate of drug-likeness (QED) is 0.893. The Balaban J connectivity index is 1.59. The van der Waals surface area contributed by atoms with Crippen molar-refractivity contribution in [1.82, 2.24) is 10.3 Å². The van der Waals surface area contributed by atoms with Crippen molar-refractivity contribution in [2.24, 2.45) is 0 Å². The number of hydrogen-bond donors (Lipinski definition) is 1. The Morgan fingerprint density at radius 1 is 1.30 bits per heavy atom. The van der Waals surface area contributed by atoms with Gasteiger partial charge in [-0.15, -0.1) is 0 Å². The molecule has 0 amide bonds. The third kappa shape index (κ3) is 3.20. The van der Waals surface area contributed by atoms with E-state index in [9.17, 15) is 0 Å². The Kier molecular flexibility index (Phi) is 5.00. The predicted molar refractivity (Wildman–Crippen MR) is 87.5 cm³/mol. The molecule has 3 rings (SSSR count). The van der Waals surface area contributed by atoms with E-state index in [4.69, 9.17) is 0 Å². The Morgan fingerprint density at radius 2 is 2.15 bits per heavy atom. The third-order valence-electron chi connectivity index (χ3n) is 4.92. The molecule has 3 heteroatoms. The molecule has 2 aliphatic carbocycles. The lowest BCUT2D eigenvalue weighted by Gasteiger charge is -2.27. The maximum absolute atomic E-state index is 4.66. The number of likely N-dealkylation sites (N-methyl/N-ethyl adjacent to an activating group) is 1. The molecule has 0 spiro atoms. The van der Waals surface area contributed by atoms with Crippen molar-refractivity contribution < 1.29 is 0 Å². The Labute approximate surface area is 127 Å².